The maximum absolute atomic E-state index is 13.3. The molecule has 0 aliphatic carbocycles. The fourth-order valence-electron chi connectivity index (χ4n) is 2.36. The van der Waals surface area contributed by atoms with Gasteiger partial charge in [-0.1, -0.05) is 0 Å². The summed E-state index contributed by atoms with van der Waals surface area (Å²) in [6, 6.07) is 5.36. The number of esters is 1. The minimum absolute atomic E-state index is 0.141. The highest BCUT2D eigenvalue weighted by atomic mass is 32.1. The summed E-state index contributed by atoms with van der Waals surface area (Å²) >= 11 is 1.16. The zero-order chi connectivity index (χ0) is 19.2. The van der Waals surface area contributed by atoms with Gasteiger partial charge in [0.1, 0.15) is 10.8 Å². The highest BCUT2D eigenvalue weighted by Crippen LogP contribution is 2.25. The van der Waals surface area contributed by atoms with Crippen LogP contribution in [-0.4, -0.2) is 29.7 Å². The zero-order valence-corrected chi connectivity index (χ0v) is 15.3. The predicted octanol–water partition coefficient (Wildman–Crippen LogP) is 4.28. The van der Waals surface area contributed by atoms with E-state index in [9.17, 15) is 13.6 Å². The maximum atomic E-state index is 13.3. The zero-order valence-electron chi connectivity index (χ0n) is 14.4. The molecule has 27 heavy (non-hydrogen) atoms. The van der Waals surface area contributed by atoms with Crippen LogP contribution in [0.25, 0.3) is 10.6 Å². The molecular weight excluding hydrogens is 374 g/mol. The fourth-order valence-corrected chi connectivity index (χ4v) is 3.14. The summed E-state index contributed by atoms with van der Waals surface area (Å²) in [5, 5.41) is 1.95. The molecule has 0 N–H and O–H groups in total. The molecule has 140 valence electrons. The van der Waals surface area contributed by atoms with Crippen LogP contribution in [0.5, 0.6) is 5.75 Å². The number of benzene rings is 1. The lowest BCUT2D eigenvalue weighted by Crippen LogP contribution is -2.07. The molecule has 8 heteroatoms. The number of pyridine rings is 1. The van der Waals surface area contributed by atoms with E-state index in [2.05, 4.69) is 9.97 Å². The SMILES string of the molecule is COc1cncc(CCCOC(=O)c2csc(-c3ccc(F)c(F)c3)n2)c1. The van der Waals surface area contributed by atoms with Crippen molar-refractivity contribution in [1.29, 1.82) is 0 Å². The number of halogens is 2. The molecule has 0 amide bonds. The van der Waals surface area contributed by atoms with Gasteiger partial charge in [0.15, 0.2) is 17.3 Å². The molecule has 3 rings (SSSR count). The predicted molar refractivity (Wildman–Crippen MR) is 96.9 cm³/mol. The number of hydrogen-bond acceptors (Lipinski definition) is 6. The van der Waals surface area contributed by atoms with Crippen molar-refractivity contribution in [1.82, 2.24) is 9.97 Å². The Hall–Kier alpha value is -2.87. The van der Waals surface area contributed by atoms with Gasteiger partial charge in [0.25, 0.3) is 0 Å². The first-order valence-electron chi connectivity index (χ1n) is 8.13. The largest absolute Gasteiger partial charge is 0.495 e. The summed E-state index contributed by atoms with van der Waals surface area (Å²) in [6.45, 7) is 0.230. The highest BCUT2D eigenvalue weighted by molar-refractivity contribution is 7.13. The Morgan fingerprint density at radius 1 is 1.19 bits per heavy atom. The van der Waals surface area contributed by atoms with Crippen molar-refractivity contribution in [2.75, 3.05) is 13.7 Å². The Morgan fingerprint density at radius 3 is 2.81 bits per heavy atom. The second-order valence-electron chi connectivity index (χ2n) is 5.64. The molecule has 1 aromatic carbocycles. The number of aryl methyl sites for hydroxylation is 1. The third kappa shape index (κ3) is 4.85. The number of thiazole rings is 1. The molecule has 0 spiro atoms. The molecule has 5 nitrogen and oxygen atoms in total. The average Bonchev–Trinajstić information content (AvgIpc) is 3.18. The lowest BCUT2D eigenvalue weighted by Gasteiger charge is -2.05. The Kier molecular flexibility index (Phi) is 6.08. The van der Waals surface area contributed by atoms with Gasteiger partial charge in [-0.15, -0.1) is 11.3 Å². The normalized spacial score (nSPS) is 10.6. The monoisotopic (exact) mass is 390 g/mol. The molecule has 0 aliphatic rings. The van der Waals surface area contributed by atoms with Gasteiger partial charge in [0.05, 0.1) is 19.9 Å². The minimum atomic E-state index is -0.959. The molecule has 3 aromatic rings. The van der Waals surface area contributed by atoms with E-state index in [4.69, 9.17) is 9.47 Å². The summed E-state index contributed by atoms with van der Waals surface area (Å²) in [4.78, 5) is 20.3. The molecule has 2 aromatic heterocycles. The molecule has 0 saturated heterocycles. The Morgan fingerprint density at radius 2 is 2.04 bits per heavy atom. The van der Waals surface area contributed by atoms with Crippen LogP contribution in [0.1, 0.15) is 22.5 Å². The molecule has 2 heterocycles. The van der Waals surface area contributed by atoms with Crippen LogP contribution in [-0.2, 0) is 11.2 Å². The number of ether oxygens (including phenoxy) is 2. The van der Waals surface area contributed by atoms with Crippen LogP contribution in [0.15, 0.2) is 42.0 Å². The first kappa shape index (κ1) is 18.9. The second kappa shape index (κ2) is 8.68. The number of rotatable bonds is 7. The van der Waals surface area contributed by atoms with Crippen molar-refractivity contribution in [3.63, 3.8) is 0 Å². The first-order valence-corrected chi connectivity index (χ1v) is 9.01. The van der Waals surface area contributed by atoms with E-state index in [1.165, 1.54) is 11.4 Å². The van der Waals surface area contributed by atoms with Crippen LogP contribution in [0.3, 0.4) is 0 Å². The van der Waals surface area contributed by atoms with Gasteiger partial charge in [-0.3, -0.25) is 4.98 Å². The lowest BCUT2D eigenvalue weighted by molar-refractivity contribution is 0.0494. The Balaban J connectivity index is 1.52. The topological polar surface area (TPSA) is 61.3 Å². The van der Waals surface area contributed by atoms with E-state index in [1.807, 2.05) is 6.07 Å². The molecule has 0 saturated carbocycles. The number of aromatic nitrogens is 2. The summed E-state index contributed by atoms with van der Waals surface area (Å²) in [6.07, 6.45) is 4.67. The van der Waals surface area contributed by atoms with E-state index in [-0.39, 0.29) is 12.3 Å². The maximum Gasteiger partial charge on any atom is 0.357 e. The van der Waals surface area contributed by atoms with E-state index in [0.717, 1.165) is 29.0 Å². The van der Waals surface area contributed by atoms with E-state index in [0.29, 0.717) is 29.2 Å². The van der Waals surface area contributed by atoms with Crippen LogP contribution in [0.2, 0.25) is 0 Å². The molecule has 0 fully saturated rings. The summed E-state index contributed by atoms with van der Waals surface area (Å²) in [7, 11) is 1.57. The Labute approximate surface area is 158 Å². The summed E-state index contributed by atoms with van der Waals surface area (Å²) in [5.41, 5.74) is 1.53. The molecule has 0 radical (unpaired) electrons. The smallest absolute Gasteiger partial charge is 0.357 e. The minimum Gasteiger partial charge on any atom is -0.495 e. The number of carbonyl (C=O) groups is 1. The third-order valence-electron chi connectivity index (χ3n) is 3.73. The van der Waals surface area contributed by atoms with Gasteiger partial charge >= 0.3 is 5.97 Å². The number of carbonyl (C=O) groups excluding carboxylic acids is 1. The van der Waals surface area contributed by atoms with Gasteiger partial charge in [-0.05, 0) is 42.7 Å². The van der Waals surface area contributed by atoms with Crippen LogP contribution < -0.4 is 4.74 Å². The summed E-state index contributed by atoms with van der Waals surface area (Å²) in [5.74, 6) is -1.76. The molecule has 0 bridgehead atoms. The van der Waals surface area contributed by atoms with Crippen molar-refractivity contribution in [3.05, 3.63) is 64.9 Å². The quantitative estimate of drug-likeness (QED) is 0.445. The number of hydrogen-bond donors (Lipinski definition) is 0. The lowest BCUT2D eigenvalue weighted by atomic mass is 10.1. The third-order valence-corrected chi connectivity index (χ3v) is 4.62. The van der Waals surface area contributed by atoms with Gasteiger partial charge < -0.3 is 9.47 Å². The second-order valence-corrected chi connectivity index (χ2v) is 6.50. The Bertz CT molecular complexity index is 946. The first-order chi connectivity index (χ1) is 13.1. The average molecular weight is 390 g/mol. The van der Waals surface area contributed by atoms with Crippen molar-refractivity contribution >= 4 is 17.3 Å². The van der Waals surface area contributed by atoms with Crippen LogP contribution in [0.4, 0.5) is 8.78 Å². The van der Waals surface area contributed by atoms with E-state index in [1.54, 1.807) is 19.5 Å². The summed E-state index contributed by atoms with van der Waals surface area (Å²) < 4.78 is 36.7. The number of methoxy groups -OCH3 is 1. The van der Waals surface area contributed by atoms with Crippen molar-refractivity contribution in [2.45, 2.75) is 12.8 Å². The molecule has 0 aliphatic heterocycles. The fraction of sp³-hybridized carbons (Fsp3) is 0.211. The van der Waals surface area contributed by atoms with Gasteiger partial charge in [-0.2, -0.15) is 0 Å². The molecule has 0 unspecified atom stereocenters. The van der Waals surface area contributed by atoms with E-state index >= 15 is 0 Å². The molecule has 0 atom stereocenters. The van der Waals surface area contributed by atoms with Crippen LogP contribution >= 0.6 is 11.3 Å². The van der Waals surface area contributed by atoms with E-state index < -0.39 is 17.6 Å². The highest BCUT2D eigenvalue weighted by Gasteiger charge is 2.14. The standard InChI is InChI=1S/C19H16F2N2O3S/c1-25-14-7-12(9-22-10-14)3-2-6-26-19(24)17-11-27-18(23-17)13-4-5-15(20)16(21)8-13/h4-5,7-11H,2-3,6H2,1H3. The number of nitrogens with zero attached hydrogens (tertiary/aromatic N) is 2. The van der Waals surface area contributed by atoms with Crippen molar-refractivity contribution < 1.29 is 23.0 Å². The molecular formula is C19H16F2N2O3S. The van der Waals surface area contributed by atoms with Gasteiger partial charge in [0.2, 0.25) is 0 Å². The van der Waals surface area contributed by atoms with Crippen molar-refractivity contribution in [3.8, 4) is 16.3 Å². The van der Waals surface area contributed by atoms with Crippen LogP contribution in [0, 0.1) is 11.6 Å². The van der Waals surface area contributed by atoms with Crippen molar-refractivity contribution in [2.24, 2.45) is 0 Å². The van der Waals surface area contributed by atoms with Gasteiger partial charge in [0, 0.05) is 17.1 Å². The van der Waals surface area contributed by atoms with Gasteiger partial charge in [-0.25, -0.2) is 18.6 Å².